The summed E-state index contributed by atoms with van der Waals surface area (Å²) in [4.78, 5) is 4.84. The molecule has 0 aliphatic rings. The van der Waals surface area contributed by atoms with Crippen molar-refractivity contribution >= 4 is 5.71 Å². The predicted octanol–water partition coefficient (Wildman–Crippen LogP) is 3.43. The van der Waals surface area contributed by atoms with E-state index in [9.17, 15) is 13.2 Å². The molecule has 1 aromatic carbocycles. The Bertz CT molecular complexity index is 386. The zero-order valence-electron chi connectivity index (χ0n) is 11.3. The molecule has 2 N–H and O–H groups in total. The molecule has 0 aromatic heterocycles. The van der Waals surface area contributed by atoms with E-state index in [1.807, 2.05) is 13.8 Å². The lowest BCUT2D eigenvalue weighted by molar-refractivity contribution is -0.137. The van der Waals surface area contributed by atoms with Crippen molar-refractivity contribution in [2.45, 2.75) is 26.9 Å². The maximum absolute atomic E-state index is 12.3. The van der Waals surface area contributed by atoms with Gasteiger partial charge in [0.15, 0.2) is 0 Å². The van der Waals surface area contributed by atoms with Crippen molar-refractivity contribution in [2.75, 3.05) is 13.2 Å². The number of oxime groups is 1. The minimum atomic E-state index is -4.32. The van der Waals surface area contributed by atoms with Gasteiger partial charge in [0, 0.05) is 6.54 Å². The normalized spacial score (nSPS) is 11.6. The van der Waals surface area contributed by atoms with Crippen LogP contribution >= 0.6 is 0 Å². The highest BCUT2D eigenvalue weighted by Crippen LogP contribution is 2.29. The molecule has 19 heavy (non-hydrogen) atoms. The van der Waals surface area contributed by atoms with Gasteiger partial charge in [-0.15, -0.1) is 0 Å². The van der Waals surface area contributed by atoms with E-state index in [-0.39, 0.29) is 6.61 Å². The van der Waals surface area contributed by atoms with Gasteiger partial charge in [-0.3, -0.25) is 0 Å². The Morgan fingerprint density at radius 3 is 2.16 bits per heavy atom. The predicted molar refractivity (Wildman–Crippen MR) is 70.0 cm³/mol. The molecule has 0 atom stereocenters. The summed E-state index contributed by atoms with van der Waals surface area (Å²) < 4.78 is 36.9. The number of alkyl halides is 3. The molecular weight excluding hydrogens is 257 g/mol. The van der Waals surface area contributed by atoms with Crippen LogP contribution in [0.5, 0.6) is 0 Å². The van der Waals surface area contributed by atoms with Crippen molar-refractivity contribution in [1.29, 1.82) is 0 Å². The maximum Gasteiger partial charge on any atom is 0.416 e. The largest absolute Gasteiger partial charge is 0.416 e. The standard InChI is InChI=1S/C11H13F3N2O.C2H6/c1-8(16-17-7-6-15)9-2-4-10(5-3-9)11(12,13)14;1-2/h2-5H,6-7,15H2,1H3;1-2H3/b16-8+;. The third-order valence-corrected chi connectivity index (χ3v) is 2.04. The van der Waals surface area contributed by atoms with Crippen molar-refractivity contribution in [2.24, 2.45) is 10.9 Å². The van der Waals surface area contributed by atoms with Gasteiger partial charge in [-0.2, -0.15) is 13.2 Å². The van der Waals surface area contributed by atoms with Crippen LogP contribution in [-0.4, -0.2) is 18.9 Å². The van der Waals surface area contributed by atoms with E-state index in [0.29, 0.717) is 17.8 Å². The lowest BCUT2D eigenvalue weighted by atomic mass is 10.1. The second kappa shape index (κ2) is 8.53. The molecule has 1 aromatic rings. The minimum absolute atomic E-state index is 0.276. The van der Waals surface area contributed by atoms with E-state index >= 15 is 0 Å². The number of benzene rings is 1. The molecule has 0 saturated heterocycles. The van der Waals surface area contributed by atoms with Gasteiger partial charge in [-0.25, -0.2) is 0 Å². The van der Waals surface area contributed by atoms with Gasteiger partial charge in [0.2, 0.25) is 0 Å². The summed E-state index contributed by atoms with van der Waals surface area (Å²) in [6.45, 7) is 6.26. The second-order valence-electron chi connectivity index (χ2n) is 3.37. The Hall–Kier alpha value is -1.56. The van der Waals surface area contributed by atoms with Gasteiger partial charge in [-0.1, -0.05) is 31.1 Å². The summed E-state index contributed by atoms with van der Waals surface area (Å²) in [7, 11) is 0. The highest BCUT2D eigenvalue weighted by Gasteiger charge is 2.29. The smallest absolute Gasteiger partial charge is 0.394 e. The van der Waals surface area contributed by atoms with Crippen molar-refractivity contribution in [1.82, 2.24) is 0 Å². The van der Waals surface area contributed by atoms with Gasteiger partial charge < -0.3 is 10.6 Å². The molecule has 0 saturated carbocycles. The number of hydrogen-bond donors (Lipinski definition) is 1. The third-order valence-electron chi connectivity index (χ3n) is 2.04. The average Bonchev–Trinajstić information content (AvgIpc) is 2.40. The van der Waals surface area contributed by atoms with Crippen LogP contribution in [-0.2, 0) is 11.0 Å². The van der Waals surface area contributed by atoms with Gasteiger partial charge in [0.1, 0.15) is 6.61 Å². The SMILES string of the molecule is C/C(=N\OCCN)c1ccc(C(F)(F)F)cc1.CC. The van der Waals surface area contributed by atoms with E-state index in [2.05, 4.69) is 5.16 Å². The summed E-state index contributed by atoms with van der Waals surface area (Å²) in [5.41, 5.74) is 5.60. The van der Waals surface area contributed by atoms with E-state index in [0.717, 1.165) is 12.1 Å². The molecule has 0 bridgehead atoms. The monoisotopic (exact) mass is 276 g/mol. The molecule has 1 rings (SSSR count). The summed E-state index contributed by atoms with van der Waals surface area (Å²) in [6.07, 6.45) is -4.32. The first kappa shape index (κ1) is 17.4. The van der Waals surface area contributed by atoms with Crippen molar-refractivity contribution in [3.05, 3.63) is 35.4 Å². The Balaban J connectivity index is 0.00000154. The van der Waals surface area contributed by atoms with Crippen LogP contribution in [0.3, 0.4) is 0 Å². The van der Waals surface area contributed by atoms with Gasteiger partial charge in [0.05, 0.1) is 11.3 Å². The fourth-order valence-electron chi connectivity index (χ4n) is 1.15. The molecule has 0 heterocycles. The van der Waals surface area contributed by atoms with Crippen LogP contribution in [0.25, 0.3) is 0 Å². The van der Waals surface area contributed by atoms with Gasteiger partial charge in [-0.05, 0) is 24.6 Å². The Morgan fingerprint density at radius 2 is 1.74 bits per heavy atom. The minimum Gasteiger partial charge on any atom is -0.394 e. The zero-order chi connectivity index (χ0) is 14.9. The summed E-state index contributed by atoms with van der Waals surface area (Å²) >= 11 is 0. The third kappa shape index (κ3) is 6.24. The molecule has 0 aliphatic carbocycles. The molecule has 0 fully saturated rings. The lowest BCUT2D eigenvalue weighted by Crippen LogP contribution is -2.07. The topological polar surface area (TPSA) is 47.6 Å². The van der Waals surface area contributed by atoms with E-state index < -0.39 is 11.7 Å². The van der Waals surface area contributed by atoms with Crippen molar-refractivity contribution < 1.29 is 18.0 Å². The van der Waals surface area contributed by atoms with Crippen LogP contribution in [0.1, 0.15) is 31.9 Å². The fraction of sp³-hybridized carbons (Fsp3) is 0.462. The zero-order valence-corrected chi connectivity index (χ0v) is 11.3. The van der Waals surface area contributed by atoms with E-state index in [1.54, 1.807) is 6.92 Å². The Kier molecular flexibility index (Phi) is 7.83. The highest BCUT2D eigenvalue weighted by molar-refractivity contribution is 5.98. The highest BCUT2D eigenvalue weighted by atomic mass is 19.4. The van der Waals surface area contributed by atoms with Crippen LogP contribution in [0.2, 0.25) is 0 Å². The first-order valence-corrected chi connectivity index (χ1v) is 5.99. The van der Waals surface area contributed by atoms with Crippen molar-refractivity contribution in [3.63, 3.8) is 0 Å². The first-order valence-electron chi connectivity index (χ1n) is 5.99. The van der Waals surface area contributed by atoms with Crippen LogP contribution < -0.4 is 5.73 Å². The van der Waals surface area contributed by atoms with Crippen LogP contribution in [0.4, 0.5) is 13.2 Å². The summed E-state index contributed by atoms with van der Waals surface area (Å²) in [6, 6.07) is 4.73. The Labute approximate surface area is 111 Å². The fourth-order valence-corrected chi connectivity index (χ4v) is 1.15. The average molecular weight is 276 g/mol. The summed E-state index contributed by atoms with van der Waals surface area (Å²) in [5, 5.41) is 3.73. The number of rotatable bonds is 4. The molecule has 0 spiro atoms. The molecule has 6 heteroatoms. The molecule has 0 aliphatic heterocycles. The van der Waals surface area contributed by atoms with E-state index in [4.69, 9.17) is 10.6 Å². The second-order valence-corrected chi connectivity index (χ2v) is 3.37. The van der Waals surface area contributed by atoms with E-state index in [1.165, 1.54) is 12.1 Å². The van der Waals surface area contributed by atoms with Gasteiger partial charge >= 0.3 is 6.18 Å². The lowest BCUT2D eigenvalue weighted by Gasteiger charge is -2.07. The van der Waals surface area contributed by atoms with Gasteiger partial charge in [0.25, 0.3) is 0 Å². The van der Waals surface area contributed by atoms with Crippen molar-refractivity contribution in [3.8, 4) is 0 Å². The number of hydrogen-bond acceptors (Lipinski definition) is 3. The first-order chi connectivity index (χ1) is 8.95. The molecule has 3 nitrogen and oxygen atoms in total. The van der Waals surface area contributed by atoms with Crippen LogP contribution in [0, 0.1) is 0 Å². The van der Waals surface area contributed by atoms with Crippen LogP contribution in [0.15, 0.2) is 29.4 Å². The Morgan fingerprint density at radius 1 is 1.21 bits per heavy atom. The number of halogens is 3. The number of nitrogens with zero attached hydrogens (tertiary/aromatic N) is 1. The molecule has 0 radical (unpaired) electrons. The molecule has 108 valence electrons. The number of nitrogens with two attached hydrogens (primary N) is 1. The molecule has 0 unspecified atom stereocenters. The molecule has 0 amide bonds. The maximum atomic E-state index is 12.3. The molecular formula is C13H19F3N2O. The quantitative estimate of drug-likeness (QED) is 0.520. The summed E-state index contributed by atoms with van der Waals surface area (Å²) in [5.74, 6) is 0.